The van der Waals surface area contributed by atoms with Gasteiger partial charge in [0, 0.05) is 7.11 Å². The fourth-order valence-electron chi connectivity index (χ4n) is 2.05. The van der Waals surface area contributed by atoms with Crippen molar-refractivity contribution < 1.29 is 14.1 Å². The van der Waals surface area contributed by atoms with E-state index in [1.165, 1.54) is 7.11 Å². The molecule has 0 saturated heterocycles. The number of ether oxygens (including phenoxy) is 1. The van der Waals surface area contributed by atoms with Gasteiger partial charge in [0.25, 0.3) is 0 Å². The monoisotopic (exact) mass is 286 g/mol. The van der Waals surface area contributed by atoms with Gasteiger partial charge in [-0.25, -0.2) is 4.98 Å². The van der Waals surface area contributed by atoms with E-state index in [0.29, 0.717) is 18.1 Å². The van der Waals surface area contributed by atoms with E-state index in [1.54, 1.807) is 0 Å². The molecule has 0 radical (unpaired) electrons. The Hall–Kier alpha value is -2.54. The number of para-hydroxylation sites is 2. The molecule has 7 nitrogen and oxygen atoms in total. The summed E-state index contributed by atoms with van der Waals surface area (Å²) in [7, 11) is 1.47. The van der Waals surface area contributed by atoms with Crippen molar-refractivity contribution in [2.75, 3.05) is 13.7 Å². The Morgan fingerprint density at radius 2 is 2.19 bits per heavy atom. The first kappa shape index (κ1) is 13.4. The SMILES string of the molecule is COCC(=O)Cc1nc(Cc2nc3ccccc3[nH]2)no1. The topological polar surface area (TPSA) is 93.9 Å². The van der Waals surface area contributed by atoms with Crippen LogP contribution in [0.1, 0.15) is 17.5 Å². The van der Waals surface area contributed by atoms with Crippen molar-refractivity contribution >= 4 is 16.8 Å². The van der Waals surface area contributed by atoms with E-state index < -0.39 is 0 Å². The molecule has 3 rings (SSSR count). The number of hydrogen-bond acceptors (Lipinski definition) is 6. The first-order valence-corrected chi connectivity index (χ1v) is 6.50. The number of carbonyl (C=O) groups is 1. The Balaban J connectivity index is 1.70. The van der Waals surface area contributed by atoms with E-state index in [4.69, 9.17) is 9.26 Å². The molecule has 0 amide bonds. The van der Waals surface area contributed by atoms with Crippen molar-refractivity contribution in [3.63, 3.8) is 0 Å². The van der Waals surface area contributed by atoms with E-state index in [0.717, 1.165) is 16.9 Å². The standard InChI is InChI=1S/C14H14N4O3/c1-20-8-9(19)6-14-17-13(18-21-14)7-12-15-10-4-2-3-5-11(10)16-12/h2-5H,6-8H2,1H3,(H,15,16). The number of nitrogens with one attached hydrogen (secondary N) is 1. The summed E-state index contributed by atoms with van der Waals surface area (Å²) in [5.41, 5.74) is 1.86. The van der Waals surface area contributed by atoms with Crippen LogP contribution in [0.4, 0.5) is 0 Å². The van der Waals surface area contributed by atoms with Crippen molar-refractivity contribution in [1.82, 2.24) is 20.1 Å². The molecular formula is C14H14N4O3. The van der Waals surface area contributed by atoms with E-state index in [1.807, 2.05) is 24.3 Å². The summed E-state index contributed by atoms with van der Waals surface area (Å²) in [4.78, 5) is 23.2. The van der Waals surface area contributed by atoms with Crippen molar-refractivity contribution in [1.29, 1.82) is 0 Å². The summed E-state index contributed by atoms with van der Waals surface area (Å²) in [6.07, 6.45) is 0.512. The van der Waals surface area contributed by atoms with Crippen molar-refractivity contribution in [3.8, 4) is 0 Å². The zero-order valence-corrected chi connectivity index (χ0v) is 11.5. The van der Waals surface area contributed by atoms with Gasteiger partial charge in [-0.2, -0.15) is 4.98 Å². The molecule has 1 N–H and O–H groups in total. The number of rotatable bonds is 6. The smallest absolute Gasteiger partial charge is 0.234 e. The number of hydrogen-bond donors (Lipinski definition) is 1. The fourth-order valence-corrected chi connectivity index (χ4v) is 2.05. The third-order valence-electron chi connectivity index (χ3n) is 2.93. The first-order chi connectivity index (χ1) is 10.2. The number of H-pyrrole nitrogens is 1. The highest BCUT2D eigenvalue weighted by atomic mass is 16.5. The molecule has 0 bridgehead atoms. The predicted octanol–water partition coefficient (Wildman–Crippen LogP) is 1.29. The second kappa shape index (κ2) is 5.84. The maximum atomic E-state index is 11.4. The molecule has 1 aromatic carbocycles. The minimum atomic E-state index is -0.101. The molecule has 0 spiro atoms. The molecule has 0 saturated carbocycles. The van der Waals surface area contributed by atoms with Crippen LogP contribution in [0.5, 0.6) is 0 Å². The second-order valence-corrected chi connectivity index (χ2v) is 4.63. The summed E-state index contributed by atoms with van der Waals surface area (Å²) in [6, 6.07) is 7.76. The van der Waals surface area contributed by atoms with Crippen LogP contribution in [0.3, 0.4) is 0 Å². The summed E-state index contributed by atoms with van der Waals surface area (Å²) < 4.78 is 9.81. The molecule has 2 aromatic heterocycles. The van der Waals surface area contributed by atoms with Gasteiger partial charge in [0.2, 0.25) is 5.89 Å². The molecule has 0 aliphatic heterocycles. The lowest BCUT2D eigenvalue weighted by atomic mass is 10.3. The van der Waals surface area contributed by atoms with Gasteiger partial charge in [-0.3, -0.25) is 4.79 Å². The van der Waals surface area contributed by atoms with E-state index in [-0.39, 0.29) is 18.8 Å². The highest BCUT2D eigenvalue weighted by Gasteiger charge is 2.13. The number of ketones is 1. The largest absolute Gasteiger partial charge is 0.377 e. The van der Waals surface area contributed by atoms with Gasteiger partial charge in [0.15, 0.2) is 11.6 Å². The zero-order chi connectivity index (χ0) is 14.7. The fraction of sp³-hybridized carbons (Fsp3) is 0.286. The summed E-state index contributed by atoms with van der Waals surface area (Å²) in [6.45, 7) is 0.0429. The highest BCUT2D eigenvalue weighted by Crippen LogP contribution is 2.12. The quantitative estimate of drug-likeness (QED) is 0.734. The van der Waals surface area contributed by atoms with Gasteiger partial charge in [0.05, 0.1) is 23.9 Å². The van der Waals surface area contributed by atoms with Gasteiger partial charge in [-0.15, -0.1) is 0 Å². The number of nitrogens with zero attached hydrogens (tertiary/aromatic N) is 3. The predicted molar refractivity (Wildman–Crippen MR) is 73.8 cm³/mol. The van der Waals surface area contributed by atoms with Crippen LogP contribution in [0.2, 0.25) is 0 Å². The van der Waals surface area contributed by atoms with Crippen molar-refractivity contribution in [2.24, 2.45) is 0 Å². The first-order valence-electron chi connectivity index (χ1n) is 6.50. The maximum Gasteiger partial charge on any atom is 0.234 e. The van der Waals surface area contributed by atoms with Gasteiger partial charge in [0.1, 0.15) is 12.4 Å². The number of methoxy groups -OCH3 is 1. The Labute approximate surface area is 120 Å². The molecular weight excluding hydrogens is 272 g/mol. The van der Waals surface area contributed by atoms with Crippen LogP contribution in [0.15, 0.2) is 28.8 Å². The molecule has 0 atom stereocenters. The lowest BCUT2D eigenvalue weighted by Crippen LogP contribution is -2.09. The number of aromatic nitrogens is 4. The normalized spacial score (nSPS) is 11.1. The van der Waals surface area contributed by atoms with E-state index in [2.05, 4.69) is 20.1 Å². The van der Waals surface area contributed by atoms with Crippen LogP contribution in [0.25, 0.3) is 11.0 Å². The number of aromatic amines is 1. The van der Waals surface area contributed by atoms with Crippen LogP contribution < -0.4 is 0 Å². The van der Waals surface area contributed by atoms with Gasteiger partial charge >= 0.3 is 0 Å². The van der Waals surface area contributed by atoms with Crippen LogP contribution in [0, 0.1) is 0 Å². The minimum absolute atomic E-state index is 0.0429. The number of fused-ring (bicyclic) bond motifs is 1. The Bertz CT molecular complexity index is 729. The van der Waals surface area contributed by atoms with E-state index >= 15 is 0 Å². The van der Waals surface area contributed by atoms with Crippen molar-refractivity contribution in [3.05, 3.63) is 41.8 Å². The van der Waals surface area contributed by atoms with E-state index in [9.17, 15) is 4.79 Å². The van der Waals surface area contributed by atoms with Gasteiger partial charge < -0.3 is 14.2 Å². The third-order valence-corrected chi connectivity index (χ3v) is 2.93. The average Bonchev–Trinajstić information content (AvgIpc) is 3.05. The molecule has 0 aliphatic rings. The second-order valence-electron chi connectivity index (χ2n) is 4.63. The number of imidazole rings is 1. The average molecular weight is 286 g/mol. The molecule has 0 fully saturated rings. The summed E-state index contributed by atoms with van der Waals surface area (Å²) in [5.74, 6) is 1.45. The van der Waals surface area contributed by atoms with Crippen LogP contribution in [-0.4, -0.2) is 39.6 Å². The molecule has 108 valence electrons. The highest BCUT2D eigenvalue weighted by molar-refractivity contribution is 5.81. The van der Waals surface area contributed by atoms with Gasteiger partial charge in [-0.05, 0) is 12.1 Å². The number of Topliss-reactive ketones (excluding diaryl/α,β-unsaturated/α-hetero) is 1. The van der Waals surface area contributed by atoms with Crippen molar-refractivity contribution in [2.45, 2.75) is 12.8 Å². The van der Waals surface area contributed by atoms with Crippen LogP contribution in [-0.2, 0) is 22.4 Å². The lowest BCUT2D eigenvalue weighted by Gasteiger charge is -1.93. The van der Waals surface area contributed by atoms with Crippen LogP contribution >= 0.6 is 0 Å². The molecule has 0 unspecified atom stereocenters. The molecule has 7 heteroatoms. The molecule has 3 aromatic rings. The molecule has 0 aliphatic carbocycles. The summed E-state index contributed by atoms with van der Waals surface area (Å²) >= 11 is 0. The third kappa shape index (κ3) is 3.14. The maximum absolute atomic E-state index is 11.4. The number of carbonyl (C=O) groups excluding carboxylic acids is 1. The zero-order valence-electron chi connectivity index (χ0n) is 11.5. The Morgan fingerprint density at radius 3 is 3.00 bits per heavy atom. The minimum Gasteiger partial charge on any atom is -0.377 e. The van der Waals surface area contributed by atoms with Gasteiger partial charge in [-0.1, -0.05) is 17.3 Å². The molecule has 21 heavy (non-hydrogen) atoms. The lowest BCUT2D eigenvalue weighted by molar-refractivity contribution is -0.122. The Morgan fingerprint density at radius 1 is 1.33 bits per heavy atom. The molecule has 2 heterocycles. The Kier molecular flexibility index (Phi) is 3.74. The number of benzene rings is 1. The summed E-state index contributed by atoms with van der Waals surface area (Å²) in [5, 5.41) is 3.86.